The molecule has 1 N–H and O–H groups in total. The molecule has 0 bridgehead atoms. The van der Waals surface area contributed by atoms with E-state index < -0.39 is 0 Å². The summed E-state index contributed by atoms with van der Waals surface area (Å²) in [5, 5.41) is 3.23. The molecule has 1 aromatic carbocycles. The number of nitrogens with zero attached hydrogens (tertiary/aromatic N) is 1. The van der Waals surface area contributed by atoms with E-state index in [4.69, 9.17) is 9.47 Å². The Balaban J connectivity index is 2.35. The standard InChI is InChI=1S/C14H22N2O3/c1-11(2)19-14(17)16(3)9-8-15-12-6-5-7-13(10-12)18-4/h5-7,10-11,15H,8-9H2,1-4H3. The van der Waals surface area contributed by atoms with E-state index in [1.165, 1.54) is 0 Å². The van der Waals surface area contributed by atoms with Gasteiger partial charge >= 0.3 is 6.09 Å². The number of carbonyl (C=O) groups excluding carboxylic acids is 1. The summed E-state index contributed by atoms with van der Waals surface area (Å²) < 4.78 is 10.2. The van der Waals surface area contributed by atoms with Gasteiger partial charge < -0.3 is 19.7 Å². The van der Waals surface area contributed by atoms with Crippen LogP contribution in [0, 0.1) is 0 Å². The van der Waals surface area contributed by atoms with Gasteiger partial charge in [-0.1, -0.05) is 6.07 Å². The van der Waals surface area contributed by atoms with Gasteiger partial charge in [0, 0.05) is 31.9 Å². The number of methoxy groups -OCH3 is 1. The Morgan fingerprint density at radius 3 is 2.79 bits per heavy atom. The number of benzene rings is 1. The number of hydrogen-bond acceptors (Lipinski definition) is 4. The van der Waals surface area contributed by atoms with E-state index in [2.05, 4.69) is 5.32 Å². The SMILES string of the molecule is COc1cccc(NCCN(C)C(=O)OC(C)C)c1. The minimum absolute atomic E-state index is 0.0960. The zero-order valence-electron chi connectivity index (χ0n) is 12.0. The van der Waals surface area contributed by atoms with Gasteiger partial charge in [0.2, 0.25) is 0 Å². The molecule has 0 saturated carbocycles. The molecule has 0 aromatic heterocycles. The van der Waals surface area contributed by atoms with Crippen LogP contribution in [0.1, 0.15) is 13.8 Å². The van der Waals surface area contributed by atoms with Crippen molar-refractivity contribution in [1.29, 1.82) is 0 Å². The van der Waals surface area contributed by atoms with Crippen LogP contribution in [-0.2, 0) is 4.74 Å². The highest BCUT2D eigenvalue weighted by Gasteiger charge is 2.10. The normalized spacial score (nSPS) is 10.2. The summed E-state index contributed by atoms with van der Waals surface area (Å²) in [7, 11) is 3.35. The summed E-state index contributed by atoms with van der Waals surface area (Å²) in [5.74, 6) is 0.803. The summed E-state index contributed by atoms with van der Waals surface area (Å²) in [6.45, 7) is 4.89. The van der Waals surface area contributed by atoms with Crippen molar-refractivity contribution in [2.45, 2.75) is 20.0 Å². The molecule has 5 nitrogen and oxygen atoms in total. The number of carbonyl (C=O) groups is 1. The van der Waals surface area contributed by atoms with Gasteiger partial charge in [0.25, 0.3) is 0 Å². The van der Waals surface area contributed by atoms with E-state index >= 15 is 0 Å². The van der Waals surface area contributed by atoms with Crippen molar-refractivity contribution in [2.75, 3.05) is 32.6 Å². The first-order valence-corrected chi connectivity index (χ1v) is 6.32. The van der Waals surface area contributed by atoms with Crippen LogP contribution in [0.5, 0.6) is 5.75 Å². The predicted octanol–water partition coefficient (Wildman–Crippen LogP) is 2.58. The Bertz CT molecular complexity index is 407. The Kier molecular flexibility index (Phi) is 5.99. The highest BCUT2D eigenvalue weighted by Crippen LogP contribution is 2.16. The van der Waals surface area contributed by atoms with Crippen molar-refractivity contribution in [2.24, 2.45) is 0 Å². The molecule has 0 fully saturated rings. The summed E-state index contributed by atoms with van der Waals surface area (Å²) >= 11 is 0. The van der Waals surface area contributed by atoms with Crippen LogP contribution in [-0.4, -0.2) is 44.3 Å². The Labute approximate surface area is 114 Å². The minimum Gasteiger partial charge on any atom is -0.497 e. The van der Waals surface area contributed by atoms with Crippen LogP contribution in [0.2, 0.25) is 0 Å². The number of hydrogen-bond donors (Lipinski definition) is 1. The first kappa shape index (κ1) is 15.1. The van der Waals surface area contributed by atoms with E-state index in [0.29, 0.717) is 13.1 Å². The minimum atomic E-state index is -0.303. The molecule has 1 amide bonds. The van der Waals surface area contributed by atoms with Gasteiger partial charge in [-0.3, -0.25) is 0 Å². The second kappa shape index (κ2) is 7.51. The average Bonchev–Trinajstić information content (AvgIpc) is 2.38. The molecular weight excluding hydrogens is 244 g/mol. The lowest BCUT2D eigenvalue weighted by Crippen LogP contribution is -2.33. The molecule has 106 valence electrons. The Morgan fingerprint density at radius 2 is 2.16 bits per heavy atom. The van der Waals surface area contributed by atoms with Crippen molar-refractivity contribution >= 4 is 11.8 Å². The number of rotatable bonds is 6. The van der Waals surface area contributed by atoms with E-state index in [9.17, 15) is 4.79 Å². The zero-order valence-corrected chi connectivity index (χ0v) is 12.0. The maximum absolute atomic E-state index is 11.6. The first-order chi connectivity index (χ1) is 9.02. The molecule has 0 saturated heterocycles. The fourth-order valence-electron chi connectivity index (χ4n) is 1.48. The van der Waals surface area contributed by atoms with Crippen LogP contribution >= 0.6 is 0 Å². The molecule has 0 atom stereocenters. The molecule has 0 aliphatic rings. The topological polar surface area (TPSA) is 50.8 Å². The molecule has 0 spiro atoms. The summed E-state index contributed by atoms with van der Waals surface area (Å²) in [4.78, 5) is 13.1. The monoisotopic (exact) mass is 266 g/mol. The number of anilines is 1. The van der Waals surface area contributed by atoms with Gasteiger partial charge in [0.1, 0.15) is 5.75 Å². The second-order valence-electron chi connectivity index (χ2n) is 4.51. The molecule has 1 rings (SSSR count). The lowest BCUT2D eigenvalue weighted by atomic mass is 10.3. The number of ether oxygens (including phenoxy) is 2. The molecule has 0 heterocycles. The van der Waals surface area contributed by atoms with Crippen molar-refractivity contribution in [3.63, 3.8) is 0 Å². The lowest BCUT2D eigenvalue weighted by Gasteiger charge is -2.19. The lowest BCUT2D eigenvalue weighted by molar-refractivity contribution is 0.0851. The number of amides is 1. The van der Waals surface area contributed by atoms with Crippen LogP contribution in [0.3, 0.4) is 0 Å². The second-order valence-corrected chi connectivity index (χ2v) is 4.51. The van der Waals surface area contributed by atoms with E-state index in [1.54, 1.807) is 19.1 Å². The van der Waals surface area contributed by atoms with Crippen LogP contribution in [0.4, 0.5) is 10.5 Å². The maximum Gasteiger partial charge on any atom is 0.409 e. The van der Waals surface area contributed by atoms with Crippen molar-refractivity contribution < 1.29 is 14.3 Å². The Morgan fingerprint density at radius 1 is 1.42 bits per heavy atom. The zero-order chi connectivity index (χ0) is 14.3. The highest BCUT2D eigenvalue weighted by molar-refractivity contribution is 5.67. The summed E-state index contributed by atoms with van der Waals surface area (Å²) in [6, 6.07) is 7.66. The van der Waals surface area contributed by atoms with Gasteiger partial charge in [-0.25, -0.2) is 4.79 Å². The smallest absolute Gasteiger partial charge is 0.409 e. The largest absolute Gasteiger partial charge is 0.497 e. The third kappa shape index (κ3) is 5.50. The van der Waals surface area contributed by atoms with Gasteiger partial charge in [-0.05, 0) is 26.0 Å². The molecule has 0 aliphatic carbocycles. The molecule has 0 unspecified atom stereocenters. The Hall–Kier alpha value is -1.91. The van der Waals surface area contributed by atoms with E-state index in [1.807, 2.05) is 38.1 Å². The molecule has 5 heteroatoms. The highest BCUT2D eigenvalue weighted by atomic mass is 16.6. The summed E-state index contributed by atoms with van der Waals surface area (Å²) in [6.07, 6.45) is -0.399. The van der Waals surface area contributed by atoms with Gasteiger partial charge in [-0.15, -0.1) is 0 Å². The van der Waals surface area contributed by atoms with Gasteiger partial charge in [0.15, 0.2) is 0 Å². The quantitative estimate of drug-likeness (QED) is 0.860. The van der Waals surface area contributed by atoms with Crippen LogP contribution in [0.25, 0.3) is 0 Å². The van der Waals surface area contributed by atoms with Gasteiger partial charge in [0.05, 0.1) is 13.2 Å². The fraction of sp³-hybridized carbons (Fsp3) is 0.500. The molecule has 0 radical (unpaired) electrons. The average molecular weight is 266 g/mol. The van der Waals surface area contributed by atoms with Gasteiger partial charge in [-0.2, -0.15) is 0 Å². The van der Waals surface area contributed by atoms with Crippen molar-refractivity contribution in [3.8, 4) is 5.75 Å². The van der Waals surface area contributed by atoms with Crippen molar-refractivity contribution in [3.05, 3.63) is 24.3 Å². The third-order valence-corrected chi connectivity index (χ3v) is 2.49. The summed E-state index contributed by atoms with van der Waals surface area (Å²) in [5.41, 5.74) is 0.963. The van der Waals surface area contributed by atoms with E-state index in [0.717, 1.165) is 11.4 Å². The van der Waals surface area contributed by atoms with E-state index in [-0.39, 0.29) is 12.2 Å². The molecular formula is C14H22N2O3. The first-order valence-electron chi connectivity index (χ1n) is 6.32. The fourth-order valence-corrected chi connectivity index (χ4v) is 1.48. The number of nitrogens with one attached hydrogen (secondary N) is 1. The van der Waals surface area contributed by atoms with Crippen LogP contribution in [0.15, 0.2) is 24.3 Å². The third-order valence-electron chi connectivity index (χ3n) is 2.49. The van der Waals surface area contributed by atoms with Crippen molar-refractivity contribution in [1.82, 2.24) is 4.90 Å². The number of likely N-dealkylation sites (N-methyl/N-ethyl adjacent to an activating group) is 1. The van der Waals surface area contributed by atoms with Crippen LogP contribution < -0.4 is 10.1 Å². The maximum atomic E-state index is 11.6. The molecule has 0 aliphatic heterocycles. The molecule has 19 heavy (non-hydrogen) atoms. The predicted molar refractivity (Wildman–Crippen MR) is 75.7 cm³/mol. The molecule has 1 aromatic rings.